The van der Waals surface area contributed by atoms with E-state index in [2.05, 4.69) is 10.6 Å². The van der Waals surface area contributed by atoms with Gasteiger partial charge in [-0.3, -0.25) is 28.8 Å². The molecule has 13 nitrogen and oxygen atoms in total. The van der Waals surface area contributed by atoms with E-state index in [1.165, 1.54) is 0 Å². The molecule has 0 saturated carbocycles. The van der Waals surface area contributed by atoms with E-state index in [9.17, 15) is 28.8 Å². The number of carbonyl (C=O) groups is 6. The third kappa shape index (κ3) is 12.2. The van der Waals surface area contributed by atoms with E-state index in [0.29, 0.717) is 0 Å². The summed E-state index contributed by atoms with van der Waals surface area (Å²) in [7, 11) is 0. The first-order chi connectivity index (χ1) is 13.4. The second-order valence-electron chi connectivity index (χ2n) is 5.89. The number of aliphatic carboxylic acids is 4. The maximum atomic E-state index is 12.1. The Bertz CT molecular complexity index is 642. The maximum absolute atomic E-state index is 12.1. The summed E-state index contributed by atoms with van der Waals surface area (Å²) < 4.78 is 0. The molecule has 1 unspecified atom stereocenters. The standard InChI is InChI=1S/C15H23N3O10S/c16-8(15(27)28)1-2-10(19)18-9(13(24)17-4-12(22)23)6-29-5-7(14(25)26)3-11(20)21/h7-9H,1-6,16H2,(H,17,24)(H,18,19)(H,20,21)(H,22,23)(H,25,26)(H,27,28)/t7?,8-,9-/m0/s1. The molecule has 0 heterocycles. The zero-order valence-electron chi connectivity index (χ0n) is 15.2. The Hall–Kier alpha value is -2.87. The van der Waals surface area contributed by atoms with Crippen molar-refractivity contribution in [2.75, 3.05) is 18.1 Å². The molecule has 3 atom stereocenters. The fraction of sp³-hybridized carbons (Fsp3) is 0.600. The van der Waals surface area contributed by atoms with Gasteiger partial charge in [-0.05, 0) is 6.42 Å². The van der Waals surface area contributed by atoms with Gasteiger partial charge in [-0.15, -0.1) is 0 Å². The number of hydrogen-bond donors (Lipinski definition) is 7. The number of carboxylic acids is 4. The van der Waals surface area contributed by atoms with Crippen molar-refractivity contribution in [2.24, 2.45) is 11.7 Å². The molecule has 0 rings (SSSR count). The summed E-state index contributed by atoms with van der Waals surface area (Å²) in [6.07, 6.45) is -1.13. The van der Waals surface area contributed by atoms with Crippen LogP contribution in [-0.2, 0) is 28.8 Å². The van der Waals surface area contributed by atoms with Crippen LogP contribution in [0.25, 0.3) is 0 Å². The number of carbonyl (C=O) groups excluding carboxylic acids is 2. The minimum absolute atomic E-state index is 0.161. The smallest absolute Gasteiger partial charge is 0.322 e. The van der Waals surface area contributed by atoms with Crippen molar-refractivity contribution >= 4 is 47.5 Å². The highest BCUT2D eigenvalue weighted by Gasteiger charge is 2.25. The number of nitrogens with one attached hydrogen (secondary N) is 2. The van der Waals surface area contributed by atoms with E-state index >= 15 is 0 Å². The lowest BCUT2D eigenvalue weighted by atomic mass is 10.1. The summed E-state index contributed by atoms with van der Waals surface area (Å²) >= 11 is 0.888. The van der Waals surface area contributed by atoms with Gasteiger partial charge >= 0.3 is 23.9 Å². The van der Waals surface area contributed by atoms with E-state index in [-0.39, 0.29) is 24.3 Å². The van der Waals surface area contributed by atoms with E-state index in [4.69, 9.17) is 26.2 Å². The SMILES string of the molecule is N[C@@H](CCC(=O)N[C@@H](CSCC(CC(=O)O)C(=O)O)C(=O)NCC(=O)O)C(=O)O. The minimum atomic E-state index is -1.33. The largest absolute Gasteiger partial charge is 0.481 e. The molecule has 8 N–H and O–H groups in total. The summed E-state index contributed by atoms with van der Waals surface area (Å²) in [6.45, 7) is -0.712. The molecule has 164 valence electrons. The van der Waals surface area contributed by atoms with Crippen molar-refractivity contribution < 1.29 is 49.2 Å². The lowest BCUT2D eigenvalue weighted by Gasteiger charge is -2.19. The Morgan fingerprint density at radius 2 is 1.52 bits per heavy atom. The topological polar surface area (TPSA) is 233 Å². The summed E-state index contributed by atoms with van der Waals surface area (Å²) in [5.41, 5.74) is 5.29. The van der Waals surface area contributed by atoms with Crippen molar-refractivity contribution in [2.45, 2.75) is 31.3 Å². The first kappa shape index (κ1) is 26.1. The van der Waals surface area contributed by atoms with Gasteiger partial charge in [0.1, 0.15) is 18.6 Å². The van der Waals surface area contributed by atoms with Gasteiger partial charge in [-0.1, -0.05) is 0 Å². The molecule has 29 heavy (non-hydrogen) atoms. The average molecular weight is 437 g/mol. The van der Waals surface area contributed by atoms with E-state index < -0.39 is 66.7 Å². The number of hydrogen-bond acceptors (Lipinski definition) is 8. The molecule has 0 aromatic rings. The Morgan fingerprint density at radius 1 is 0.897 bits per heavy atom. The summed E-state index contributed by atoms with van der Waals surface area (Å²) in [6, 6.07) is -2.52. The number of amides is 2. The van der Waals surface area contributed by atoms with Crippen molar-refractivity contribution in [3.05, 3.63) is 0 Å². The second-order valence-corrected chi connectivity index (χ2v) is 6.96. The molecule has 0 bridgehead atoms. The number of carboxylic acid groups (broad SMARTS) is 4. The van der Waals surface area contributed by atoms with Crippen LogP contribution in [0.15, 0.2) is 0 Å². The average Bonchev–Trinajstić information content (AvgIpc) is 2.61. The molecule has 0 aliphatic rings. The Morgan fingerprint density at radius 3 is 2.00 bits per heavy atom. The lowest BCUT2D eigenvalue weighted by molar-refractivity contribution is -0.147. The molecule has 0 fully saturated rings. The highest BCUT2D eigenvalue weighted by Crippen LogP contribution is 2.14. The highest BCUT2D eigenvalue weighted by molar-refractivity contribution is 7.99. The first-order valence-electron chi connectivity index (χ1n) is 8.23. The molecule has 2 amide bonds. The lowest BCUT2D eigenvalue weighted by Crippen LogP contribution is -2.49. The number of nitrogens with two attached hydrogens (primary N) is 1. The zero-order chi connectivity index (χ0) is 22.6. The Balaban J connectivity index is 4.87. The molecule has 0 spiro atoms. The van der Waals surface area contributed by atoms with Crippen LogP contribution in [0, 0.1) is 5.92 Å². The molecule has 14 heteroatoms. The van der Waals surface area contributed by atoms with Crippen LogP contribution in [0.3, 0.4) is 0 Å². The van der Waals surface area contributed by atoms with Gasteiger partial charge in [0.25, 0.3) is 0 Å². The third-order valence-corrected chi connectivity index (χ3v) is 4.65. The molecule has 0 aliphatic carbocycles. The van der Waals surface area contributed by atoms with E-state index in [1.54, 1.807) is 0 Å². The summed E-state index contributed by atoms with van der Waals surface area (Å²) in [4.78, 5) is 67.0. The normalized spacial score (nSPS) is 13.6. The fourth-order valence-electron chi connectivity index (χ4n) is 1.90. The van der Waals surface area contributed by atoms with Gasteiger partial charge in [0, 0.05) is 17.9 Å². The predicted molar refractivity (Wildman–Crippen MR) is 98.1 cm³/mol. The van der Waals surface area contributed by atoms with Crippen LogP contribution in [0.4, 0.5) is 0 Å². The first-order valence-corrected chi connectivity index (χ1v) is 9.39. The zero-order valence-corrected chi connectivity index (χ0v) is 16.0. The summed E-state index contributed by atoms with van der Waals surface area (Å²) in [5.74, 6) is -8.37. The van der Waals surface area contributed by atoms with Crippen LogP contribution < -0.4 is 16.4 Å². The molecule has 0 aliphatic heterocycles. The fourth-order valence-corrected chi connectivity index (χ4v) is 3.05. The van der Waals surface area contributed by atoms with Crippen LogP contribution in [-0.4, -0.2) is 86.3 Å². The van der Waals surface area contributed by atoms with Crippen LogP contribution in [0.5, 0.6) is 0 Å². The van der Waals surface area contributed by atoms with E-state index in [1.807, 2.05) is 0 Å². The van der Waals surface area contributed by atoms with Crippen molar-refractivity contribution in [3.63, 3.8) is 0 Å². The van der Waals surface area contributed by atoms with Crippen LogP contribution in [0.2, 0.25) is 0 Å². The minimum Gasteiger partial charge on any atom is -0.481 e. The molecule has 0 saturated heterocycles. The van der Waals surface area contributed by atoms with E-state index in [0.717, 1.165) is 11.8 Å². The van der Waals surface area contributed by atoms with Crippen molar-refractivity contribution in [3.8, 4) is 0 Å². The molecule has 0 radical (unpaired) electrons. The van der Waals surface area contributed by atoms with Gasteiger partial charge in [0.05, 0.1) is 12.3 Å². The van der Waals surface area contributed by atoms with Gasteiger partial charge < -0.3 is 36.8 Å². The highest BCUT2D eigenvalue weighted by atomic mass is 32.2. The number of thioether (sulfide) groups is 1. The second kappa shape index (κ2) is 13.3. The quantitative estimate of drug-likeness (QED) is 0.144. The summed E-state index contributed by atoms with van der Waals surface area (Å²) in [5, 5.41) is 39.4. The van der Waals surface area contributed by atoms with Crippen molar-refractivity contribution in [1.82, 2.24) is 10.6 Å². The van der Waals surface area contributed by atoms with Crippen LogP contribution in [0.1, 0.15) is 19.3 Å². The molecular weight excluding hydrogens is 414 g/mol. The number of rotatable bonds is 15. The van der Waals surface area contributed by atoms with Crippen molar-refractivity contribution in [1.29, 1.82) is 0 Å². The molecule has 0 aromatic carbocycles. The Labute approximate surface area is 169 Å². The van der Waals surface area contributed by atoms with Gasteiger partial charge in [0.15, 0.2) is 0 Å². The Kier molecular flexibility index (Phi) is 12.0. The van der Waals surface area contributed by atoms with Gasteiger partial charge in [-0.2, -0.15) is 11.8 Å². The predicted octanol–water partition coefficient (Wildman–Crippen LogP) is -2.23. The third-order valence-electron chi connectivity index (χ3n) is 3.44. The molecule has 0 aromatic heterocycles. The van der Waals surface area contributed by atoms with Gasteiger partial charge in [0.2, 0.25) is 11.8 Å². The maximum Gasteiger partial charge on any atom is 0.322 e. The molecular formula is C15H23N3O10S. The van der Waals surface area contributed by atoms with Gasteiger partial charge in [-0.25, -0.2) is 0 Å². The monoisotopic (exact) mass is 437 g/mol. The van der Waals surface area contributed by atoms with Crippen LogP contribution >= 0.6 is 11.8 Å².